The van der Waals surface area contributed by atoms with Crippen LogP contribution in [0.2, 0.25) is 0 Å². The minimum Gasteiger partial charge on any atom is -0.287 e. The van der Waals surface area contributed by atoms with Crippen LogP contribution in [0.1, 0.15) is 15.9 Å². The Labute approximate surface area is 83.3 Å². The standard InChI is InChI=1S/C8H6BrN3O/c1-5-2-3-6(7(9)4-5)8(13)11-12-10/h2-4H,1H3. The van der Waals surface area contributed by atoms with Crippen LogP contribution >= 0.6 is 15.9 Å². The Morgan fingerprint density at radius 1 is 1.62 bits per heavy atom. The van der Waals surface area contributed by atoms with Crippen LogP contribution in [0.4, 0.5) is 0 Å². The highest BCUT2D eigenvalue weighted by Gasteiger charge is 2.06. The fraction of sp³-hybridized carbons (Fsp3) is 0.125. The Bertz CT molecular complexity index is 396. The van der Waals surface area contributed by atoms with Gasteiger partial charge in [-0.1, -0.05) is 22.0 Å². The zero-order chi connectivity index (χ0) is 9.84. The van der Waals surface area contributed by atoms with Crippen LogP contribution in [0.25, 0.3) is 10.4 Å². The van der Waals surface area contributed by atoms with Crippen molar-refractivity contribution in [1.29, 1.82) is 0 Å². The maximum Gasteiger partial charge on any atom is 0.250 e. The van der Waals surface area contributed by atoms with E-state index in [0.29, 0.717) is 10.0 Å². The van der Waals surface area contributed by atoms with Gasteiger partial charge in [-0.15, -0.1) is 0 Å². The summed E-state index contributed by atoms with van der Waals surface area (Å²) in [7, 11) is 0. The first kappa shape index (κ1) is 9.77. The fourth-order valence-corrected chi connectivity index (χ4v) is 1.55. The number of carbonyl (C=O) groups is 1. The van der Waals surface area contributed by atoms with Crippen molar-refractivity contribution in [1.82, 2.24) is 0 Å². The molecule has 0 spiro atoms. The van der Waals surface area contributed by atoms with Gasteiger partial charge in [0.15, 0.2) is 0 Å². The van der Waals surface area contributed by atoms with Gasteiger partial charge < -0.3 is 0 Å². The lowest BCUT2D eigenvalue weighted by Gasteiger charge is -1.99. The van der Waals surface area contributed by atoms with Crippen LogP contribution in [0.5, 0.6) is 0 Å². The van der Waals surface area contributed by atoms with Crippen molar-refractivity contribution in [2.24, 2.45) is 5.11 Å². The van der Waals surface area contributed by atoms with E-state index < -0.39 is 5.91 Å². The van der Waals surface area contributed by atoms with E-state index in [9.17, 15) is 4.79 Å². The first-order valence-electron chi connectivity index (χ1n) is 3.50. The van der Waals surface area contributed by atoms with E-state index in [2.05, 4.69) is 26.0 Å². The van der Waals surface area contributed by atoms with Gasteiger partial charge in [0.25, 0.3) is 0 Å². The number of halogens is 1. The van der Waals surface area contributed by atoms with Gasteiger partial charge in [-0.2, -0.15) is 0 Å². The van der Waals surface area contributed by atoms with Crippen LogP contribution in [-0.4, -0.2) is 5.91 Å². The molecule has 1 amide bonds. The largest absolute Gasteiger partial charge is 0.287 e. The normalized spacial score (nSPS) is 9.08. The third kappa shape index (κ3) is 2.31. The van der Waals surface area contributed by atoms with E-state index in [1.165, 1.54) is 0 Å². The second-order valence-electron chi connectivity index (χ2n) is 2.48. The fourth-order valence-electron chi connectivity index (χ4n) is 0.888. The molecule has 5 heteroatoms. The lowest BCUT2D eigenvalue weighted by molar-refractivity contribution is 0.0999. The first-order valence-corrected chi connectivity index (χ1v) is 4.30. The van der Waals surface area contributed by atoms with Crippen LogP contribution in [0.15, 0.2) is 27.8 Å². The molecule has 13 heavy (non-hydrogen) atoms. The number of hydrogen-bond acceptors (Lipinski definition) is 1. The minimum atomic E-state index is -0.575. The van der Waals surface area contributed by atoms with E-state index in [4.69, 9.17) is 5.53 Å². The maximum absolute atomic E-state index is 11.1. The van der Waals surface area contributed by atoms with E-state index in [1.807, 2.05) is 6.92 Å². The quantitative estimate of drug-likeness (QED) is 0.422. The van der Waals surface area contributed by atoms with Gasteiger partial charge >= 0.3 is 0 Å². The molecule has 1 aromatic rings. The van der Waals surface area contributed by atoms with Crippen molar-refractivity contribution in [2.45, 2.75) is 6.92 Å². The number of benzene rings is 1. The molecule has 0 saturated carbocycles. The predicted molar refractivity (Wildman–Crippen MR) is 52.4 cm³/mol. The molecule has 66 valence electrons. The lowest BCUT2D eigenvalue weighted by Crippen LogP contribution is -1.94. The Hall–Kier alpha value is -1.32. The molecule has 4 nitrogen and oxygen atoms in total. The topological polar surface area (TPSA) is 65.8 Å². The average molecular weight is 240 g/mol. The van der Waals surface area contributed by atoms with Crippen molar-refractivity contribution in [3.05, 3.63) is 44.2 Å². The molecule has 0 fully saturated rings. The molecule has 0 bridgehead atoms. The van der Waals surface area contributed by atoms with E-state index in [1.54, 1.807) is 18.2 Å². The Morgan fingerprint density at radius 2 is 2.31 bits per heavy atom. The third-order valence-corrected chi connectivity index (χ3v) is 2.15. The number of azide groups is 1. The highest BCUT2D eigenvalue weighted by Crippen LogP contribution is 2.19. The van der Waals surface area contributed by atoms with Crippen LogP contribution < -0.4 is 0 Å². The molecular formula is C8H6BrN3O. The molecule has 0 aliphatic heterocycles. The summed E-state index contributed by atoms with van der Waals surface area (Å²) in [5, 5.41) is 3.00. The van der Waals surface area contributed by atoms with Gasteiger partial charge in [0, 0.05) is 14.9 Å². The minimum absolute atomic E-state index is 0.378. The number of hydrogen-bond donors (Lipinski definition) is 0. The summed E-state index contributed by atoms with van der Waals surface area (Å²) in [4.78, 5) is 13.6. The monoisotopic (exact) mass is 239 g/mol. The van der Waals surface area contributed by atoms with Crippen molar-refractivity contribution >= 4 is 21.8 Å². The molecule has 0 unspecified atom stereocenters. The van der Waals surface area contributed by atoms with Gasteiger partial charge in [-0.05, 0) is 35.3 Å². The number of rotatable bonds is 1. The molecule has 0 aromatic heterocycles. The zero-order valence-corrected chi connectivity index (χ0v) is 8.45. The van der Waals surface area contributed by atoms with E-state index in [-0.39, 0.29) is 0 Å². The van der Waals surface area contributed by atoms with Gasteiger partial charge in [0.1, 0.15) is 0 Å². The summed E-state index contributed by atoms with van der Waals surface area (Å²) >= 11 is 3.21. The molecule has 0 N–H and O–H groups in total. The van der Waals surface area contributed by atoms with Crippen molar-refractivity contribution < 1.29 is 4.79 Å². The van der Waals surface area contributed by atoms with Crippen molar-refractivity contribution in [3.63, 3.8) is 0 Å². The Morgan fingerprint density at radius 3 is 2.85 bits per heavy atom. The van der Waals surface area contributed by atoms with Crippen LogP contribution in [-0.2, 0) is 0 Å². The predicted octanol–water partition coefficient (Wildman–Crippen LogP) is 3.21. The summed E-state index contributed by atoms with van der Waals surface area (Å²) in [6.07, 6.45) is 0. The molecule has 0 atom stereocenters. The van der Waals surface area contributed by atoms with Gasteiger partial charge in [0.05, 0.1) is 0 Å². The summed E-state index contributed by atoms with van der Waals surface area (Å²) in [6, 6.07) is 5.20. The number of carbonyl (C=O) groups excluding carboxylic acids is 1. The van der Waals surface area contributed by atoms with Gasteiger partial charge in [-0.3, -0.25) is 4.79 Å². The lowest BCUT2D eigenvalue weighted by atomic mass is 10.1. The SMILES string of the molecule is Cc1ccc(C(=O)N=[N+]=[N-])c(Br)c1. The van der Waals surface area contributed by atoms with Crippen LogP contribution in [0.3, 0.4) is 0 Å². The van der Waals surface area contributed by atoms with Crippen molar-refractivity contribution in [2.75, 3.05) is 0 Å². The Balaban J connectivity index is 3.16. The second-order valence-corrected chi connectivity index (χ2v) is 3.33. The molecule has 0 aliphatic rings. The highest BCUT2D eigenvalue weighted by molar-refractivity contribution is 9.10. The molecule has 0 aliphatic carbocycles. The zero-order valence-electron chi connectivity index (χ0n) is 6.86. The molecule has 1 rings (SSSR count). The van der Waals surface area contributed by atoms with Crippen LogP contribution in [0, 0.1) is 6.92 Å². The molecule has 0 heterocycles. The van der Waals surface area contributed by atoms with Gasteiger partial charge in [0.2, 0.25) is 5.91 Å². The second kappa shape index (κ2) is 4.07. The molecule has 1 aromatic carbocycles. The first-order chi connectivity index (χ1) is 6.15. The smallest absolute Gasteiger partial charge is 0.250 e. The summed E-state index contributed by atoms with van der Waals surface area (Å²) in [5.41, 5.74) is 9.48. The maximum atomic E-state index is 11.1. The molecule has 0 radical (unpaired) electrons. The number of nitrogens with zero attached hydrogens (tertiary/aromatic N) is 3. The van der Waals surface area contributed by atoms with Gasteiger partial charge in [-0.25, -0.2) is 0 Å². The highest BCUT2D eigenvalue weighted by atomic mass is 79.9. The molecular weight excluding hydrogens is 234 g/mol. The van der Waals surface area contributed by atoms with Crippen molar-refractivity contribution in [3.8, 4) is 0 Å². The third-order valence-electron chi connectivity index (χ3n) is 1.49. The van der Waals surface area contributed by atoms with E-state index in [0.717, 1.165) is 5.56 Å². The number of amides is 1. The summed E-state index contributed by atoms with van der Waals surface area (Å²) in [6.45, 7) is 1.91. The average Bonchev–Trinajstić information content (AvgIpc) is 2.04. The Kier molecular flexibility index (Phi) is 3.06. The molecule has 0 saturated heterocycles. The van der Waals surface area contributed by atoms with E-state index >= 15 is 0 Å². The number of aryl methyl sites for hydroxylation is 1. The summed E-state index contributed by atoms with van der Waals surface area (Å²) in [5.74, 6) is -0.575. The summed E-state index contributed by atoms with van der Waals surface area (Å²) < 4.78 is 0.643.